The molecule has 0 aromatic heterocycles. The van der Waals surface area contributed by atoms with Crippen molar-refractivity contribution < 1.29 is 24.2 Å². The number of aliphatic hydroxyl groups is 1. The Balaban J connectivity index is 1.98. The van der Waals surface area contributed by atoms with Crippen LogP contribution in [0.2, 0.25) is 20.1 Å². The largest absolute Gasteiger partial charge is 0.458 e. The molecule has 9 heteroatoms. The second kappa shape index (κ2) is 9.44. The summed E-state index contributed by atoms with van der Waals surface area (Å²) in [5.74, 6) is -1.50. The van der Waals surface area contributed by atoms with E-state index in [-0.39, 0.29) is 37.8 Å². The highest BCUT2D eigenvalue weighted by Crippen LogP contribution is 2.21. The molecule has 0 aliphatic carbocycles. The Morgan fingerprint density at radius 1 is 0.808 bits per heavy atom. The number of rotatable bonds is 6. The summed E-state index contributed by atoms with van der Waals surface area (Å²) in [5, 5.41) is 10.4. The Kier molecular flexibility index (Phi) is 7.55. The smallest absolute Gasteiger partial charge is 0.338 e. The van der Waals surface area contributed by atoms with Crippen molar-refractivity contribution in [3.63, 3.8) is 0 Å². The molecule has 2 aromatic carbocycles. The number of hydrogen-bond donors (Lipinski definition) is 1. The molecule has 0 amide bonds. The summed E-state index contributed by atoms with van der Waals surface area (Å²) in [6, 6.07) is 8.41. The van der Waals surface area contributed by atoms with Gasteiger partial charge in [-0.2, -0.15) is 0 Å². The third kappa shape index (κ3) is 6.04. The lowest BCUT2D eigenvalue weighted by atomic mass is 10.2. The van der Waals surface area contributed by atoms with Gasteiger partial charge in [-0.3, -0.25) is 0 Å². The predicted octanol–water partition coefficient (Wildman–Crippen LogP) is 4.67. The number of halogens is 4. The maximum absolute atomic E-state index is 12.1. The molecule has 0 aliphatic rings. The highest BCUT2D eigenvalue weighted by atomic mass is 35.5. The maximum Gasteiger partial charge on any atom is 0.338 e. The molecule has 1 atom stereocenters. The average molecular weight is 438 g/mol. The number of benzene rings is 2. The predicted molar refractivity (Wildman–Crippen MR) is 99.5 cm³/mol. The first kappa shape index (κ1) is 20.8. The van der Waals surface area contributed by atoms with Gasteiger partial charge in [0, 0.05) is 20.1 Å². The summed E-state index contributed by atoms with van der Waals surface area (Å²) in [5.41, 5.74) is 0.237. The fraction of sp³-hybridized carbons (Fsp3) is 0.176. The lowest BCUT2D eigenvalue weighted by Crippen LogP contribution is -2.28. The standard InChI is InChI=1S/C17H12Cl4O5/c18-11-1-9(2-12(19)5-11)16(23)25-8-15(7-22)26-17(24)10-3-13(20)6-14(21)4-10/h1-6,15,22H,7-8H2. The summed E-state index contributed by atoms with van der Waals surface area (Å²) in [4.78, 5) is 24.1. The molecule has 1 unspecified atom stereocenters. The highest BCUT2D eigenvalue weighted by Gasteiger charge is 2.19. The van der Waals surface area contributed by atoms with Crippen molar-refractivity contribution in [3.8, 4) is 0 Å². The van der Waals surface area contributed by atoms with Crippen LogP contribution in [0.15, 0.2) is 36.4 Å². The third-order valence-electron chi connectivity index (χ3n) is 3.07. The SMILES string of the molecule is O=C(OCC(CO)OC(=O)c1cc(Cl)cc(Cl)c1)c1cc(Cl)cc(Cl)c1. The van der Waals surface area contributed by atoms with E-state index in [2.05, 4.69) is 0 Å². The quantitative estimate of drug-likeness (QED) is 0.664. The van der Waals surface area contributed by atoms with E-state index in [1.165, 1.54) is 36.4 Å². The summed E-state index contributed by atoms with van der Waals surface area (Å²) in [6.07, 6.45) is -1.07. The van der Waals surface area contributed by atoms with Gasteiger partial charge in [-0.15, -0.1) is 0 Å². The molecule has 1 N–H and O–H groups in total. The van der Waals surface area contributed by atoms with Gasteiger partial charge in [0.25, 0.3) is 0 Å². The Bertz CT molecular complexity index is 784. The van der Waals surface area contributed by atoms with E-state index in [9.17, 15) is 14.7 Å². The molecule has 0 heterocycles. The van der Waals surface area contributed by atoms with E-state index in [0.29, 0.717) is 0 Å². The van der Waals surface area contributed by atoms with Crippen molar-refractivity contribution >= 4 is 58.3 Å². The summed E-state index contributed by atoms with van der Waals surface area (Å²) in [7, 11) is 0. The van der Waals surface area contributed by atoms with Gasteiger partial charge in [0.05, 0.1) is 17.7 Å². The van der Waals surface area contributed by atoms with Gasteiger partial charge in [0.15, 0.2) is 6.10 Å². The summed E-state index contributed by atoms with van der Waals surface area (Å²) in [6.45, 7) is -0.914. The molecule has 2 aromatic rings. The van der Waals surface area contributed by atoms with Crippen LogP contribution in [0.4, 0.5) is 0 Å². The summed E-state index contributed by atoms with van der Waals surface area (Å²) < 4.78 is 10.1. The van der Waals surface area contributed by atoms with Crippen LogP contribution < -0.4 is 0 Å². The van der Waals surface area contributed by atoms with Crippen molar-refractivity contribution in [3.05, 3.63) is 67.6 Å². The maximum atomic E-state index is 12.1. The van der Waals surface area contributed by atoms with Crippen LogP contribution in [0.1, 0.15) is 20.7 Å². The average Bonchev–Trinajstić information content (AvgIpc) is 2.56. The van der Waals surface area contributed by atoms with Gasteiger partial charge in [-0.1, -0.05) is 46.4 Å². The van der Waals surface area contributed by atoms with E-state index >= 15 is 0 Å². The molecule has 2 rings (SSSR count). The van der Waals surface area contributed by atoms with E-state index in [0.717, 1.165) is 0 Å². The number of ether oxygens (including phenoxy) is 2. The Hall–Kier alpha value is -1.50. The monoisotopic (exact) mass is 436 g/mol. The van der Waals surface area contributed by atoms with Gasteiger partial charge in [0.2, 0.25) is 0 Å². The molecule has 0 bridgehead atoms. The molecule has 0 aliphatic heterocycles. The van der Waals surface area contributed by atoms with Crippen LogP contribution in [-0.2, 0) is 9.47 Å². The van der Waals surface area contributed by atoms with Gasteiger partial charge in [0.1, 0.15) is 6.61 Å². The van der Waals surface area contributed by atoms with Gasteiger partial charge >= 0.3 is 11.9 Å². The minimum atomic E-state index is -1.07. The van der Waals surface area contributed by atoms with Crippen LogP contribution in [-0.4, -0.2) is 36.4 Å². The minimum absolute atomic E-state index is 0.105. The first-order valence-electron chi connectivity index (χ1n) is 7.19. The van der Waals surface area contributed by atoms with Crippen molar-refractivity contribution in [1.82, 2.24) is 0 Å². The zero-order valence-electron chi connectivity index (χ0n) is 13.0. The van der Waals surface area contributed by atoms with Gasteiger partial charge in [-0.25, -0.2) is 9.59 Å². The van der Waals surface area contributed by atoms with Crippen LogP contribution in [0.3, 0.4) is 0 Å². The molecular weight excluding hydrogens is 426 g/mol. The fourth-order valence-electron chi connectivity index (χ4n) is 1.94. The highest BCUT2D eigenvalue weighted by molar-refractivity contribution is 6.35. The second-order valence-electron chi connectivity index (χ2n) is 5.12. The Labute approximate surface area is 169 Å². The molecular formula is C17H12Cl4O5. The fourth-order valence-corrected chi connectivity index (χ4v) is 2.99. The van der Waals surface area contributed by atoms with Crippen LogP contribution in [0, 0.1) is 0 Å². The van der Waals surface area contributed by atoms with Crippen molar-refractivity contribution in [2.24, 2.45) is 0 Å². The number of hydrogen-bond acceptors (Lipinski definition) is 5. The minimum Gasteiger partial charge on any atom is -0.458 e. The van der Waals surface area contributed by atoms with Crippen molar-refractivity contribution in [1.29, 1.82) is 0 Å². The van der Waals surface area contributed by atoms with Crippen molar-refractivity contribution in [2.45, 2.75) is 6.10 Å². The molecule has 26 heavy (non-hydrogen) atoms. The normalized spacial score (nSPS) is 11.7. The second-order valence-corrected chi connectivity index (χ2v) is 6.87. The van der Waals surface area contributed by atoms with Crippen LogP contribution in [0.25, 0.3) is 0 Å². The third-order valence-corrected chi connectivity index (χ3v) is 3.95. The molecule has 5 nitrogen and oxygen atoms in total. The van der Waals surface area contributed by atoms with Gasteiger partial charge < -0.3 is 14.6 Å². The zero-order valence-corrected chi connectivity index (χ0v) is 16.1. The molecule has 0 radical (unpaired) electrons. The molecule has 0 spiro atoms. The Morgan fingerprint density at radius 3 is 1.65 bits per heavy atom. The van der Waals surface area contributed by atoms with E-state index in [1.807, 2.05) is 0 Å². The van der Waals surface area contributed by atoms with Crippen LogP contribution >= 0.6 is 46.4 Å². The zero-order chi connectivity index (χ0) is 19.3. The first-order chi connectivity index (χ1) is 12.3. The molecule has 0 fully saturated rings. The number of esters is 2. The summed E-state index contributed by atoms with van der Waals surface area (Å²) >= 11 is 23.3. The lowest BCUT2D eigenvalue weighted by Gasteiger charge is -2.16. The topological polar surface area (TPSA) is 72.8 Å². The van der Waals surface area contributed by atoms with Crippen LogP contribution in [0.5, 0.6) is 0 Å². The lowest BCUT2D eigenvalue weighted by molar-refractivity contribution is -0.0170. The number of aliphatic hydroxyl groups excluding tert-OH is 1. The van der Waals surface area contributed by atoms with Crippen molar-refractivity contribution in [2.75, 3.05) is 13.2 Å². The number of carbonyl (C=O) groups excluding carboxylic acids is 2. The van der Waals surface area contributed by atoms with E-state index < -0.39 is 24.6 Å². The number of carbonyl (C=O) groups is 2. The van der Waals surface area contributed by atoms with Gasteiger partial charge in [-0.05, 0) is 36.4 Å². The Morgan fingerprint density at radius 2 is 1.23 bits per heavy atom. The van der Waals surface area contributed by atoms with E-state index in [1.54, 1.807) is 0 Å². The molecule has 0 saturated heterocycles. The molecule has 0 saturated carbocycles. The first-order valence-corrected chi connectivity index (χ1v) is 8.71. The molecule has 138 valence electrons. The van der Waals surface area contributed by atoms with E-state index in [4.69, 9.17) is 55.9 Å².